The van der Waals surface area contributed by atoms with Crippen molar-refractivity contribution in [2.45, 2.75) is 6.92 Å². The zero-order valence-electron chi connectivity index (χ0n) is 16.1. The average Bonchev–Trinajstić information content (AvgIpc) is 2.74. The summed E-state index contributed by atoms with van der Waals surface area (Å²) in [5.41, 5.74) is 2.05. The predicted octanol–water partition coefficient (Wildman–Crippen LogP) is 6.58. The first-order valence-electron chi connectivity index (χ1n) is 9.61. The molecule has 4 nitrogen and oxygen atoms in total. The Hall–Kier alpha value is -3.92. The van der Waals surface area contributed by atoms with Crippen molar-refractivity contribution in [1.29, 1.82) is 0 Å². The second kappa shape index (κ2) is 7.24. The Morgan fingerprint density at radius 1 is 0.552 bits per heavy atom. The van der Waals surface area contributed by atoms with Gasteiger partial charge in [-0.2, -0.15) is 0 Å². The number of rotatable bonds is 4. The van der Waals surface area contributed by atoms with E-state index in [0.29, 0.717) is 5.82 Å². The van der Waals surface area contributed by atoms with Crippen LogP contribution in [0.2, 0.25) is 0 Å². The lowest BCUT2D eigenvalue weighted by Crippen LogP contribution is -2.02. The minimum Gasteiger partial charge on any atom is -0.340 e. The van der Waals surface area contributed by atoms with Gasteiger partial charge in [0.2, 0.25) is 0 Å². The molecular formula is C25H20N4. The van der Waals surface area contributed by atoms with Gasteiger partial charge in [0.1, 0.15) is 17.5 Å². The van der Waals surface area contributed by atoms with E-state index in [1.807, 2.05) is 49.4 Å². The SMILES string of the molecule is Cc1nc(Nc2cccc3ccccc23)cc(Nc2cccc3ccccc23)n1. The van der Waals surface area contributed by atoms with E-state index in [1.165, 1.54) is 10.8 Å². The molecule has 0 fully saturated rings. The lowest BCUT2D eigenvalue weighted by Gasteiger charge is -2.13. The zero-order chi connectivity index (χ0) is 19.6. The fraction of sp³-hybridized carbons (Fsp3) is 0.0400. The molecule has 140 valence electrons. The van der Waals surface area contributed by atoms with Crippen LogP contribution in [-0.4, -0.2) is 9.97 Å². The van der Waals surface area contributed by atoms with E-state index in [2.05, 4.69) is 69.1 Å². The summed E-state index contributed by atoms with van der Waals surface area (Å²) < 4.78 is 0. The quantitative estimate of drug-likeness (QED) is 0.372. The number of benzene rings is 4. The lowest BCUT2D eigenvalue weighted by molar-refractivity contribution is 1.06. The van der Waals surface area contributed by atoms with Crippen molar-refractivity contribution >= 4 is 44.6 Å². The van der Waals surface area contributed by atoms with Crippen molar-refractivity contribution in [2.75, 3.05) is 10.6 Å². The average molecular weight is 376 g/mol. The van der Waals surface area contributed by atoms with E-state index in [0.717, 1.165) is 33.8 Å². The molecule has 0 saturated carbocycles. The molecule has 0 spiro atoms. The van der Waals surface area contributed by atoms with Gasteiger partial charge in [-0.25, -0.2) is 9.97 Å². The molecule has 1 heterocycles. The van der Waals surface area contributed by atoms with E-state index in [4.69, 9.17) is 0 Å². The molecule has 1 aromatic heterocycles. The Morgan fingerprint density at radius 2 is 1.00 bits per heavy atom. The summed E-state index contributed by atoms with van der Waals surface area (Å²) in [7, 11) is 0. The first-order valence-corrected chi connectivity index (χ1v) is 9.61. The first kappa shape index (κ1) is 17.2. The number of nitrogens with one attached hydrogen (secondary N) is 2. The minimum absolute atomic E-state index is 0.706. The molecule has 0 amide bonds. The Labute approximate surface area is 169 Å². The number of hydrogen-bond donors (Lipinski definition) is 2. The molecular weight excluding hydrogens is 356 g/mol. The summed E-state index contributed by atoms with van der Waals surface area (Å²) in [4.78, 5) is 9.16. The maximum atomic E-state index is 4.58. The van der Waals surface area contributed by atoms with Crippen LogP contribution in [-0.2, 0) is 0 Å². The largest absolute Gasteiger partial charge is 0.340 e. The smallest absolute Gasteiger partial charge is 0.136 e. The van der Waals surface area contributed by atoms with Crippen molar-refractivity contribution in [3.05, 3.63) is 96.8 Å². The number of nitrogens with zero attached hydrogens (tertiary/aromatic N) is 2. The Kier molecular flexibility index (Phi) is 4.30. The number of anilines is 4. The van der Waals surface area contributed by atoms with Crippen LogP contribution in [0.1, 0.15) is 5.82 Å². The van der Waals surface area contributed by atoms with Gasteiger partial charge < -0.3 is 10.6 Å². The second-order valence-electron chi connectivity index (χ2n) is 6.99. The van der Waals surface area contributed by atoms with Crippen LogP contribution in [0, 0.1) is 6.92 Å². The summed E-state index contributed by atoms with van der Waals surface area (Å²) in [5, 5.41) is 11.6. The monoisotopic (exact) mass is 376 g/mol. The number of hydrogen-bond acceptors (Lipinski definition) is 4. The van der Waals surface area contributed by atoms with Crippen molar-refractivity contribution in [3.8, 4) is 0 Å². The van der Waals surface area contributed by atoms with Gasteiger partial charge in [-0.05, 0) is 29.8 Å². The number of fused-ring (bicyclic) bond motifs is 2. The van der Waals surface area contributed by atoms with Crippen LogP contribution < -0.4 is 10.6 Å². The molecule has 4 aromatic carbocycles. The van der Waals surface area contributed by atoms with E-state index < -0.39 is 0 Å². The van der Waals surface area contributed by atoms with Crippen molar-refractivity contribution in [1.82, 2.24) is 9.97 Å². The van der Waals surface area contributed by atoms with Gasteiger partial charge in [-0.3, -0.25) is 0 Å². The molecule has 0 aliphatic carbocycles. The zero-order valence-corrected chi connectivity index (χ0v) is 16.1. The maximum Gasteiger partial charge on any atom is 0.136 e. The van der Waals surface area contributed by atoms with E-state index >= 15 is 0 Å². The molecule has 0 aliphatic heterocycles. The molecule has 5 rings (SSSR count). The van der Waals surface area contributed by atoms with Crippen molar-refractivity contribution < 1.29 is 0 Å². The highest BCUT2D eigenvalue weighted by molar-refractivity contribution is 5.96. The van der Waals surface area contributed by atoms with Gasteiger partial charge in [-0.1, -0.05) is 72.8 Å². The molecule has 0 unspecified atom stereocenters. The summed E-state index contributed by atoms with van der Waals surface area (Å²) >= 11 is 0. The summed E-state index contributed by atoms with van der Waals surface area (Å²) in [6.45, 7) is 1.91. The third-order valence-corrected chi connectivity index (χ3v) is 4.94. The Balaban J connectivity index is 1.50. The third-order valence-electron chi connectivity index (χ3n) is 4.94. The molecule has 4 heteroatoms. The Morgan fingerprint density at radius 3 is 1.52 bits per heavy atom. The molecule has 29 heavy (non-hydrogen) atoms. The highest BCUT2D eigenvalue weighted by Gasteiger charge is 2.07. The molecule has 0 radical (unpaired) electrons. The van der Waals surface area contributed by atoms with Crippen molar-refractivity contribution in [3.63, 3.8) is 0 Å². The summed E-state index contributed by atoms with van der Waals surface area (Å²) in [5.74, 6) is 2.23. The fourth-order valence-corrected chi connectivity index (χ4v) is 3.64. The molecule has 0 aliphatic rings. The minimum atomic E-state index is 0.706. The highest BCUT2D eigenvalue weighted by atomic mass is 15.1. The van der Waals surface area contributed by atoms with Crippen LogP contribution in [0.4, 0.5) is 23.0 Å². The highest BCUT2D eigenvalue weighted by Crippen LogP contribution is 2.29. The lowest BCUT2D eigenvalue weighted by atomic mass is 10.1. The van der Waals surface area contributed by atoms with Crippen LogP contribution in [0.5, 0.6) is 0 Å². The van der Waals surface area contributed by atoms with Crippen LogP contribution >= 0.6 is 0 Å². The summed E-state index contributed by atoms with van der Waals surface area (Å²) in [6, 6.07) is 31.0. The molecule has 0 atom stereocenters. The normalized spacial score (nSPS) is 10.9. The maximum absolute atomic E-state index is 4.58. The first-order chi connectivity index (χ1) is 14.3. The van der Waals surface area contributed by atoms with Gasteiger partial charge in [0.25, 0.3) is 0 Å². The number of aromatic nitrogens is 2. The van der Waals surface area contributed by atoms with E-state index in [1.54, 1.807) is 0 Å². The molecule has 0 bridgehead atoms. The Bertz CT molecular complexity index is 1220. The van der Waals surface area contributed by atoms with Gasteiger partial charge >= 0.3 is 0 Å². The predicted molar refractivity (Wildman–Crippen MR) is 121 cm³/mol. The molecule has 5 aromatic rings. The van der Waals surface area contributed by atoms with Crippen LogP contribution in [0.25, 0.3) is 21.5 Å². The topological polar surface area (TPSA) is 49.8 Å². The van der Waals surface area contributed by atoms with E-state index in [9.17, 15) is 0 Å². The van der Waals surface area contributed by atoms with Crippen molar-refractivity contribution in [2.24, 2.45) is 0 Å². The standard InChI is InChI=1S/C25H20N4/c1-17-26-24(28-22-14-6-10-18-8-2-4-12-20(18)22)16-25(27-17)29-23-15-7-11-19-9-3-5-13-21(19)23/h2-16H,1H3,(H2,26,27,28,29). The third kappa shape index (κ3) is 3.48. The van der Waals surface area contributed by atoms with Gasteiger partial charge in [0.05, 0.1) is 0 Å². The number of aryl methyl sites for hydroxylation is 1. The van der Waals surface area contributed by atoms with Gasteiger partial charge in [-0.15, -0.1) is 0 Å². The van der Waals surface area contributed by atoms with Crippen LogP contribution in [0.3, 0.4) is 0 Å². The van der Waals surface area contributed by atoms with E-state index in [-0.39, 0.29) is 0 Å². The molecule has 0 saturated heterocycles. The second-order valence-corrected chi connectivity index (χ2v) is 6.99. The summed E-state index contributed by atoms with van der Waals surface area (Å²) in [6.07, 6.45) is 0. The fourth-order valence-electron chi connectivity index (χ4n) is 3.64. The van der Waals surface area contributed by atoms with Crippen LogP contribution in [0.15, 0.2) is 91.0 Å². The molecule has 2 N–H and O–H groups in total. The van der Waals surface area contributed by atoms with Gasteiger partial charge in [0.15, 0.2) is 0 Å². The van der Waals surface area contributed by atoms with Gasteiger partial charge in [0, 0.05) is 28.2 Å².